The zero-order valence-corrected chi connectivity index (χ0v) is 19.6. The number of unbranched alkanes of at least 4 members (excludes halogenated alkanes) is 3. The highest BCUT2D eigenvalue weighted by atomic mass is 16.5. The number of rotatable bonds is 9. The summed E-state index contributed by atoms with van der Waals surface area (Å²) >= 11 is 0. The fourth-order valence-corrected chi connectivity index (χ4v) is 4.68. The van der Waals surface area contributed by atoms with Gasteiger partial charge in [-0.3, -0.25) is 14.5 Å². The Balaban J connectivity index is 1.62. The van der Waals surface area contributed by atoms with Crippen LogP contribution in [0.2, 0.25) is 0 Å². The molecule has 174 valence electrons. The van der Waals surface area contributed by atoms with Crippen molar-refractivity contribution in [3.63, 3.8) is 0 Å². The summed E-state index contributed by atoms with van der Waals surface area (Å²) in [4.78, 5) is 33.0. The number of amides is 2. The van der Waals surface area contributed by atoms with Gasteiger partial charge in [0.15, 0.2) is 0 Å². The van der Waals surface area contributed by atoms with E-state index >= 15 is 0 Å². The highest BCUT2D eigenvalue weighted by Crippen LogP contribution is 2.36. The van der Waals surface area contributed by atoms with Crippen LogP contribution in [0, 0.1) is 0 Å². The van der Waals surface area contributed by atoms with Gasteiger partial charge in [0.2, 0.25) is 0 Å². The molecular weight excluding hydrogens is 414 g/mol. The third-order valence-corrected chi connectivity index (χ3v) is 6.47. The smallest absolute Gasteiger partial charge is 0.277 e. The van der Waals surface area contributed by atoms with Crippen LogP contribution in [0.1, 0.15) is 38.2 Å². The Labute approximate surface area is 196 Å². The van der Waals surface area contributed by atoms with E-state index in [-0.39, 0.29) is 11.8 Å². The van der Waals surface area contributed by atoms with Crippen LogP contribution in [0.25, 0.3) is 5.57 Å². The van der Waals surface area contributed by atoms with Crippen LogP contribution < -0.4 is 9.64 Å². The molecule has 4 rings (SSSR count). The predicted molar refractivity (Wildman–Crippen MR) is 131 cm³/mol. The number of carbonyl (C=O) groups is 2. The lowest BCUT2D eigenvalue weighted by Gasteiger charge is -2.37. The van der Waals surface area contributed by atoms with Gasteiger partial charge in [-0.1, -0.05) is 62.6 Å². The summed E-state index contributed by atoms with van der Waals surface area (Å²) in [5.41, 5.74) is 2.87. The number of carbonyl (C=O) groups excluding carboxylic acids is 2. The summed E-state index contributed by atoms with van der Waals surface area (Å²) in [5.74, 6) is 0.231. The molecule has 0 N–H and O–H groups in total. The predicted octanol–water partition coefficient (Wildman–Crippen LogP) is 4.18. The Morgan fingerprint density at radius 1 is 0.788 bits per heavy atom. The average Bonchev–Trinajstić information content (AvgIpc) is 3.11. The minimum atomic E-state index is -0.207. The SMILES string of the molecule is CCCCCCN1C(=O)C(c2ccccc2OC)=C(N2CCN(c3ccccc3)CC2)C1=O. The molecule has 0 spiro atoms. The van der Waals surface area contributed by atoms with E-state index in [2.05, 4.69) is 28.9 Å². The standard InChI is InChI=1S/C27H33N3O3/c1-3-4-5-11-16-30-26(31)24(22-14-9-10-15-23(22)33-2)25(27(30)32)29-19-17-28(18-20-29)21-12-7-6-8-13-21/h6-10,12-15H,3-5,11,16-20H2,1-2H3. The summed E-state index contributed by atoms with van der Waals surface area (Å²) in [5, 5.41) is 0. The lowest BCUT2D eigenvalue weighted by molar-refractivity contribution is -0.137. The van der Waals surface area contributed by atoms with Crippen LogP contribution in [-0.2, 0) is 9.59 Å². The van der Waals surface area contributed by atoms with Crippen LogP contribution in [0.3, 0.4) is 0 Å². The van der Waals surface area contributed by atoms with Crippen molar-refractivity contribution in [1.82, 2.24) is 9.80 Å². The first-order valence-electron chi connectivity index (χ1n) is 11.9. The number of piperazine rings is 1. The minimum Gasteiger partial charge on any atom is -0.496 e. The Hall–Kier alpha value is -3.28. The molecule has 6 heteroatoms. The van der Waals surface area contributed by atoms with Gasteiger partial charge in [-0.2, -0.15) is 0 Å². The lowest BCUT2D eigenvalue weighted by atomic mass is 10.0. The molecule has 2 amide bonds. The van der Waals surface area contributed by atoms with E-state index in [0.717, 1.165) is 38.8 Å². The number of anilines is 1. The molecule has 1 fully saturated rings. The van der Waals surface area contributed by atoms with E-state index < -0.39 is 0 Å². The van der Waals surface area contributed by atoms with Crippen LogP contribution in [0.5, 0.6) is 5.75 Å². The van der Waals surface area contributed by atoms with Crippen LogP contribution in [0.15, 0.2) is 60.3 Å². The second-order valence-corrected chi connectivity index (χ2v) is 8.56. The number of benzene rings is 2. The van der Waals surface area contributed by atoms with E-state index in [9.17, 15) is 9.59 Å². The van der Waals surface area contributed by atoms with Crippen molar-refractivity contribution in [2.75, 3.05) is 44.7 Å². The van der Waals surface area contributed by atoms with Gasteiger partial charge in [0.05, 0.1) is 12.7 Å². The molecule has 0 radical (unpaired) electrons. The summed E-state index contributed by atoms with van der Waals surface area (Å²) in [6.45, 7) is 5.58. The molecule has 33 heavy (non-hydrogen) atoms. The van der Waals surface area contributed by atoms with Crippen molar-refractivity contribution in [3.05, 3.63) is 65.9 Å². The molecule has 2 aliphatic rings. The van der Waals surface area contributed by atoms with Crippen molar-refractivity contribution in [1.29, 1.82) is 0 Å². The number of para-hydroxylation sites is 2. The highest BCUT2D eigenvalue weighted by Gasteiger charge is 2.42. The first kappa shape index (κ1) is 22.9. The zero-order valence-electron chi connectivity index (χ0n) is 19.6. The van der Waals surface area contributed by atoms with Crippen LogP contribution in [-0.4, -0.2) is 61.4 Å². The summed E-state index contributed by atoms with van der Waals surface area (Å²) < 4.78 is 5.56. The first-order chi connectivity index (χ1) is 16.2. The zero-order chi connectivity index (χ0) is 23.2. The number of methoxy groups -OCH3 is 1. The lowest BCUT2D eigenvalue weighted by Crippen LogP contribution is -2.47. The number of imide groups is 1. The van der Waals surface area contributed by atoms with Crippen LogP contribution in [0.4, 0.5) is 5.69 Å². The number of hydrogen-bond acceptors (Lipinski definition) is 5. The second-order valence-electron chi connectivity index (χ2n) is 8.56. The second kappa shape index (κ2) is 10.6. The molecule has 0 aliphatic carbocycles. The van der Waals surface area contributed by atoms with Gasteiger partial charge in [-0.25, -0.2) is 0 Å². The van der Waals surface area contributed by atoms with E-state index in [1.165, 1.54) is 10.6 Å². The fourth-order valence-electron chi connectivity index (χ4n) is 4.68. The quantitative estimate of drug-likeness (QED) is 0.426. The van der Waals surface area contributed by atoms with Crippen molar-refractivity contribution < 1.29 is 14.3 Å². The van der Waals surface area contributed by atoms with E-state index in [4.69, 9.17) is 4.74 Å². The number of hydrogen-bond donors (Lipinski definition) is 0. The fraction of sp³-hybridized carbons (Fsp3) is 0.407. The summed E-state index contributed by atoms with van der Waals surface area (Å²) in [6.07, 6.45) is 4.07. The normalized spacial score (nSPS) is 16.7. The number of nitrogens with zero attached hydrogens (tertiary/aromatic N) is 3. The minimum absolute atomic E-state index is 0.175. The molecule has 0 saturated carbocycles. The molecule has 6 nitrogen and oxygen atoms in total. The molecule has 0 atom stereocenters. The van der Waals surface area contributed by atoms with Gasteiger partial charge in [0.25, 0.3) is 11.8 Å². The maximum atomic E-state index is 13.6. The largest absolute Gasteiger partial charge is 0.496 e. The molecule has 2 heterocycles. The van der Waals surface area contributed by atoms with E-state index in [0.29, 0.717) is 42.2 Å². The summed E-state index contributed by atoms with van der Waals surface area (Å²) in [6, 6.07) is 17.8. The Morgan fingerprint density at radius 3 is 2.15 bits per heavy atom. The Kier molecular flexibility index (Phi) is 7.33. The van der Waals surface area contributed by atoms with Crippen molar-refractivity contribution in [3.8, 4) is 5.75 Å². The molecule has 2 aromatic carbocycles. The monoisotopic (exact) mass is 447 g/mol. The van der Waals surface area contributed by atoms with Crippen LogP contribution >= 0.6 is 0 Å². The first-order valence-corrected chi connectivity index (χ1v) is 11.9. The van der Waals surface area contributed by atoms with Gasteiger partial charge in [-0.05, 0) is 24.6 Å². The summed E-state index contributed by atoms with van der Waals surface area (Å²) in [7, 11) is 1.60. The molecule has 0 unspecified atom stereocenters. The van der Waals surface area contributed by atoms with Gasteiger partial charge in [-0.15, -0.1) is 0 Å². The van der Waals surface area contributed by atoms with Crippen molar-refractivity contribution >= 4 is 23.1 Å². The molecule has 1 saturated heterocycles. The molecular formula is C27H33N3O3. The maximum Gasteiger partial charge on any atom is 0.277 e. The average molecular weight is 448 g/mol. The van der Waals surface area contributed by atoms with Gasteiger partial charge >= 0.3 is 0 Å². The molecule has 0 bridgehead atoms. The van der Waals surface area contributed by atoms with Gasteiger partial charge in [0, 0.05) is 44.0 Å². The third-order valence-electron chi connectivity index (χ3n) is 6.47. The molecule has 2 aliphatic heterocycles. The molecule has 0 aromatic heterocycles. The van der Waals surface area contributed by atoms with Gasteiger partial charge in [0.1, 0.15) is 11.4 Å². The highest BCUT2D eigenvalue weighted by molar-refractivity contribution is 6.36. The Morgan fingerprint density at radius 2 is 1.45 bits per heavy atom. The van der Waals surface area contributed by atoms with E-state index in [1.54, 1.807) is 7.11 Å². The van der Waals surface area contributed by atoms with Gasteiger partial charge < -0.3 is 14.5 Å². The third kappa shape index (κ3) is 4.75. The van der Waals surface area contributed by atoms with Crippen molar-refractivity contribution in [2.24, 2.45) is 0 Å². The molecule has 2 aromatic rings. The Bertz CT molecular complexity index is 1010. The number of ether oxygens (including phenoxy) is 1. The van der Waals surface area contributed by atoms with Crippen molar-refractivity contribution in [2.45, 2.75) is 32.6 Å². The van der Waals surface area contributed by atoms with E-state index in [1.807, 2.05) is 42.5 Å². The topological polar surface area (TPSA) is 53.1 Å². The maximum absolute atomic E-state index is 13.6.